The summed E-state index contributed by atoms with van der Waals surface area (Å²) in [6.45, 7) is 8.88. The van der Waals surface area contributed by atoms with Crippen LogP contribution in [0.15, 0.2) is 18.5 Å². The van der Waals surface area contributed by atoms with Crippen LogP contribution in [0.3, 0.4) is 0 Å². The average molecular weight is 381 g/mol. The van der Waals surface area contributed by atoms with Crippen molar-refractivity contribution in [1.29, 1.82) is 0 Å². The number of hydrogen-bond acceptors (Lipinski definition) is 4. The molecule has 0 saturated heterocycles. The molecule has 2 heterocycles. The number of anilines is 1. The largest absolute Gasteiger partial charge is 0.366 e. The Morgan fingerprint density at radius 2 is 1.85 bits per heavy atom. The van der Waals surface area contributed by atoms with Crippen LogP contribution in [0.5, 0.6) is 0 Å². The van der Waals surface area contributed by atoms with E-state index in [9.17, 15) is 8.78 Å². The Hall–Kier alpha value is -2.28. The summed E-state index contributed by atoms with van der Waals surface area (Å²) in [7, 11) is 0. The molecule has 1 N–H and O–H groups in total. The van der Waals surface area contributed by atoms with Crippen LogP contribution < -0.4 is 5.32 Å². The van der Waals surface area contributed by atoms with Crippen LogP contribution in [0.2, 0.25) is 5.15 Å². The first-order valence-electron chi connectivity index (χ1n) is 8.56. The van der Waals surface area contributed by atoms with Gasteiger partial charge >= 0.3 is 0 Å². The molecule has 0 radical (unpaired) electrons. The molecule has 26 heavy (non-hydrogen) atoms. The minimum absolute atomic E-state index is 0.00704. The van der Waals surface area contributed by atoms with Crippen molar-refractivity contribution in [2.75, 3.05) is 5.32 Å². The van der Waals surface area contributed by atoms with Gasteiger partial charge in [-0.05, 0) is 37.0 Å². The van der Waals surface area contributed by atoms with Crippen molar-refractivity contribution in [3.63, 3.8) is 0 Å². The second-order valence-corrected chi connectivity index (χ2v) is 7.56. The molecule has 0 unspecified atom stereocenters. The van der Waals surface area contributed by atoms with Gasteiger partial charge in [0.25, 0.3) is 5.78 Å². The molecule has 0 bridgehead atoms. The number of hydrogen-bond donors (Lipinski definition) is 1. The van der Waals surface area contributed by atoms with Crippen molar-refractivity contribution in [1.82, 2.24) is 19.6 Å². The zero-order chi connectivity index (χ0) is 20.1. The highest BCUT2D eigenvalue weighted by molar-refractivity contribution is 6.33. The number of fused-ring (bicyclic) bond motifs is 1. The van der Waals surface area contributed by atoms with Crippen LogP contribution in [-0.4, -0.2) is 25.6 Å². The van der Waals surface area contributed by atoms with Gasteiger partial charge in [0, 0.05) is 6.02 Å². The molecule has 8 heteroatoms. The van der Waals surface area contributed by atoms with E-state index in [0.29, 0.717) is 5.56 Å². The standard InChI is InChI=1S/C18H20ClF2N5/c1-9-6-11(20)13(12(21)7-9)14-15(19)25-17-22-8-23-26(17)16(14)24-10(2)18(3,4)5/h6-8,10,24H,1-5H3/t10-/m0/s1/i10D. The van der Waals surface area contributed by atoms with E-state index >= 15 is 0 Å². The molecule has 138 valence electrons. The Labute approximate surface area is 156 Å². The number of aromatic nitrogens is 4. The van der Waals surface area contributed by atoms with E-state index in [0.717, 1.165) is 0 Å². The molecule has 3 rings (SSSR count). The number of nitrogens with zero attached hydrogens (tertiary/aromatic N) is 4. The zero-order valence-corrected chi connectivity index (χ0v) is 15.9. The molecular formula is C18H20ClF2N5. The molecule has 1 atom stereocenters. The van der Waals surface area contributed by atoms with Gasteiger partial charge in [-0.25, -0.2) is 8.78 Å². The molecule has 0 amide bonds. The van der Waals surface area contributed by atoms with E-state index in [2.05, 4.69) is 20.4 Å². The fourth-order valence-corrected chi connectivity index (χ4v) is 2.72. The molecule has 0 aliphatic rings. The van der Waals surface area contributed by atoms with Gasteiger partial charge in [0.1, 0.15) is 28.9 Å². The highest BCUT2D eigenvalue weighted by atomic mass is 35.5. The summed E-state index contributed by atoms with van der Waals surface area (Å²) in [6.07, 6.45) is 1.26. The summed E-state index contributed by atoms with van der Waals surface area (Å²) in [6, 6.07) is 1.21. The molecule has 2 aromatic heterocycles. The van der Waals surface area contributed by atoms with Gasteiger partial charge in [-0.2, -0.15) is 19.6 Å². The maximum atomic E-state index is 14.7. The van der Waals surface area contributed by atoms with Gasteiger partial charge in [-0.1, -0.05) is 32.4 Å². The van der Waals surface area contributed by atoms with Crippen LogP contribution in [0.1, 0.15) is 34.6 Å². The quantitative estimate of drug-likeness (QED) is 0.658. The number of rotatable bonds is 3. The minimum Gasteiger partial charge on any atom is -0.366 e. The van der Waals surface area contributed by atoms with E-state index in [4.69, 9.17) is 13.0 Å². The molecular weight excluding hydrogens is 360 g/mol. The summed E-state index contributed by atoms with van der Waals surface area (Å²) in [5.74, 6) is -1.25. The number of aryl methyl sites for hydroxylation is 1. The van der Waals surface area contributed by atoms with Gasteiger partial charge in [0.05, 0.1) is 12.5 Å². The Bertz CT molecular complexity index is 1000. The maximum absolute atomic E-state index is 14.7. The smallest absolute Gasteiger partial charge is 0.255 e. The predicted molar refractivity (Wildman–Crippen MR) is 98.4 cm³/mol. The van der Waals surface area contributed by atoms with Gasteiger partial charge in [-0.15, -0.1) is 0 Å². The van der Waals surface area contributed by atoms with E-state index in [1.165, 1.54) is 23.0 Å². The van der Waals surface area contributed by atoms with Gasteiger partial charge in [0.15, 0.2) is 0 Å². The topological polar surface area (TPSA) is 55.1 Å². The van der Waals surface area contributed by atoms with Crippen LogP contribution in [0, 0.1) is 24.0 Å². The van der Waals surface area contributed by atoms with Gasteiger partial charge in [-0.3, -0.25) is 0 Å². The summed E-state index contributed by atoms with van der Waals surface area (Å²) >= 11 is 6.30. The first-order chi connectivity index (χ1) is 12.4. The third kappa shape index (κ3) is 3.23. The minimum atomic E-state index is -1.22. The molecule has 5 nitrogen and oxygen atoms in total. The maximum Gasteiger partial charge on any atom is 0.255 e. The monoisotopic (exact) mass is 380 g/mol. The zero-order valence-electron chi connectivity index (χ0n) is 16.2. The SMILES string of the molecule is [2H][C@@](C)(Nc1c(-c2c(F)cc(C)cc2F)c(Cl)nc2ncnn12)C(C)(C)C. The Balaban J connectivity index is 2.36. The normalized spacial score (nSPS) is 15.0. The Morgan fingerprint density at radius 3 is 2.42 bits per heavy atom. The molecule has 0 saturated carbocycles. The molecule has 3 aromatic rings. The second-order valence-electron chi connectivity index (χ2n) is 7.20. The summed E-state index contributed by atoms with van der Waals surface area (Å²) in [5.41, 5.74) is -0.415. The van der Waals surface area contributed by atoms with Crippen molar-refractivity contribution in [3.05, 3.63) is 40.8 Å². The van der Waals surface area contributed by atoms with Gasteiger partial charge < -0.3 is 5.32 Å². The fourth-order valence-electron chi connectivity index (χ4n) is 2.46. The molecule has 0 spiro atoms. The second kappa shape index (κ2) is 6.46. The number of halogens is 3. The lowest BCUT2D eigenvalue weighted by molar-refractivity contribution is 0.358. The molecule has 0 aliphatic heterocycles. The van der Waals surface area contributed by atoms with E-state index in [1.807, 2.05) is 20.8 Å². The third-order valence-electron chi connectivity index (χ3n) is 4.25. The van der Waals surface area contributed by atoms with Crippen LogP contribution in [0.4, 0.5) is 14.6 Å². The van der Waals surface area contributed by atoms with E-state index in [1.54, 1.807) is 13.8 Å². The summed E-state index contributed by atoms with van der Waals surface area (Å²) in [5, 5.41) is 6.98. The first-order valence-corrected chi connectivity index (χ1v) is 8.43. The van der Waals surface area contributed by atoms with Crippen LogP contribution in [0.25, 0.3) is 16.9 Å². The molecule has 1 aromatic carbocycles. The number of nitrogens with one attached hydrogen (secondary N) is 1. The highest BCUT2D eigenvalue weighted by Gasteiger charge is 2.27. The lowest BCUT2D eigenvalue weighted by Gasteiger charge is -2.30. The van der Waals surface area contributed by atoms with Crippen molar-refractivity contribution in [2.45, 2.75) is 40.6 Å². The van der Waals surface area contributed by atoms with Crippen LogP contribution in [-0.2, 0) is 0 Å². The highest BCUT2D eigenvalue weighted by Crippen LogP contribution is 2.38. The van der Waals surface area contributed by atoms with E-state index in [-0.39, 0.29) is 27.9 Å². The Morgan fingerprint density at radius 1 is 1.23 bits per heavy atom. The predicted octanol–water partition coefficient (Wildman–Crippen LogP) is 4.88. The lowest BCUT2D eigenvalue weighted by Crippen LogP contribution is -2.32. The summed E-state index contributed by atoms with van der Waals surface area (Å²) in [4.78, 5) is 8.08. The number of benzene rings is 1. The van der Waals surface area contributed by atoms with Crippen molar-refractivity contribution < 1.29 is 10.2 Å². The first kappa shape index (κ1) is 17.1. The lowest BCUT2D eigenvalue weighted by atomic mass is 9.88. The fraction of sp³-hybridized carbons (Fsp3) is 0.389. The summed E-state index contributed by atoms with van der Waals surface area (Å²) < 4.78 is 39.4. The van der Waals surface area contributed by atoms with Crippen molar-refractivity contribution in [3.8, 4) is 11.1 Å². The van der Waals surface area contributed by atoms with Crippen molar-refractivity contribution in [2.24, 2.45) is 5.41 Å². The van der Waals surface area contributed by atoms with Crippen LogP contribution >= 0.6 is 11.6 Å². The average Bonchev–Trinajstić information content (AvgIpc) is 2.95. The Kier molecular flexibility index (Phi) is 4.26. The van der Waals surface area contributed by atoms with E-state index < -0.39 is 23.1 Å². The molecule has 0 fully saturated rings. The third-order valence-corrected chi connectivity index (χ3v) is 4.52. The molecule has 0 aliphatic carbocycles. The van der Waals surface area contributed by atoms with Crippen molar-refractivity contribution >= 4 is 23.2 Å². The van der Waals surface area contributed by atoms with Gasteiger partial charge in [0.2, 0.25) is 0 Å².